The molecular weight excluding hydrogens is 170 g/mol. The molecule has 0 unspecified atom stereocenters. The van der Waals surface area contributed by atoms with Crippen molar-refractivity contribution in [3.8, 4) is 0 Å². The molecule has 0 fully saturated rings. The van der Waals surface area contributed by atoms with Crippen LogP contribution in [0.5, 0.6) is 0 Å². The maximum atomic E-state index is 4.05. The van der Waals surface area contributed by atoms with Crippen molar-refractivity contribution in [2.24, 2.45) is 4.99 Å². The van der Waals surface area contributed by atoms with E-state index in [1.165, 1.54) is 22.3 Å². The number of hydrogen-bond donors (Lipinski definition) is 0. The summed E-state index contributed by atoms with van der Waals surface area (Å²) in [5, 5.41) is 0. The van der Waals surface area contributed by atoms with Crippen molar-refractivity contribution >= 4 is 12.3 Å². The number of hydrogen-bond acceptors (Lipinski definition) is 1. The van der Waals surface area contributed by atoms with E-state index in [0.717, 1.165) is 12.8 Å². The van der Waals surface area contributed by atoms with Crippen LogP contribution in [0.3, 0.4) is 0 Å². The van der Waals surface area contributed by atoms with Crippen LogP contribution < -0.4 is 0 Å². The van der Waals surface area contributed by atoms with Crippen molar-refractivity contribution in [1.82, 2.24) is 0 Å². The lowest BCUT2D eigenvalue weighted by molar-refractivity contribution is 1.12. The molecule has 0 atom stereocenters. The molecule has 0 bridgehead atoms. The third-order valence-corrected chi connectivity index (χ3v) is 2.65. The van der Waals surface area contributed by atoms with Gasteiger partial charge in [-0.1, -0.05) is 25.1 Å². The van der Waals surface area contributed by atoms with Crippen LogP contribution in [-0.2, 0) is 12.8 Å². The summed E-state index contributed by atoms with van der Waals surface area (Å²) in [6.07, 6.45) is 6.33. The SMILES string of the molecule is CCc1ccc2c(c1)CC(C=NC)=C2. The van der Waals surface area contributed by atoms with E-state index in [2.05, 4.69) is 36.2 Å². The lowest BCUT2D eigenvalue weighted by Gasteiger charge is -2.01. The minimum Gasteiger partial charge on any atom is -0.296 e. The maximum Gasteiger partial charge on any atom is 0.0277 e. The van der Waals surface area contributed by atoms with Crippen molar-refractivity contribution in [3.63, 3.8) is 0 Å². The molecule has 1 aromatic rings. The summed E-state index contributed by atoms with van der Waals surface area (Å²) in [7, 11) is 1.82. The molecule has 0 aromatic heterocycles. The smallest absolute Gasteiger partial charge is 0.0277 e. The number of rotatable bonds is 2. The third-order valence-electron chi connectivity index (χ3n) is 2.65. The Morgan fingerprint density at radius 1 is 1.43 bits per heavy atom. The average Bonchev–Trinajstić information content (AvgIpc) is 2.59. The first-order valence-corrected chi connectivity index (χ1v) is 5.08. The first-order valence-electron chi connectivity index (χ1n) is 5.08. The fourth-order valence-electron chi connectivity index (χ4n) is 1.89. The number of allylic oxidation sites excluding steroid dienone is 1. The van der Waals surface area contributed by atoms with Gasteiger partial charge in [-0.2, -0.15) is 0 Å². The Hall–Kier alpha value is -1.37. The largest absolute Gasteiger partial charge is 0.296 e. The zero-order chi connectivity index (χ0) is 9.97. The highest BCUT2D eigenvalue weighted by Crippen LogP contribution is 2.25. The summed E-state index contributed by atoms with van der Waals surface area (Å²) in [4.78, 5) is 4.05. The highest BCUT2D eigenvalue weighted by molar-refractivity contribution is 5.89. The van der Waals surface area contributed by atoms with Crippen molar-refractivity contribution in [2.75, 3.05) is 7.05 Å². The predicted octanol–water partition coefficient (Wildman–Crippen LogP) is 2.89. The molecule has 1 aliphatic rings. The van der Waals surface area contributed by atoms with E-state index in [1.54, 1.807) is 0 Å². The van der Waals surface area contributed by atoms with Crippen LogP contribution in [0.15, 0.2) is 28.8 Å². The Bertz CT molecular complexity index is 400. The molecule has 2 rings (SSSR count). The van der Waals surface area contributed by atoms with Gasteiger partial charge < -0.3 is 0 Å². The average molecular weight is 185 g/mol. The van der Waals surface area contributed by atoms with Crippen molar-refractivity contribution in [2.45, 2.75) is 19.8 Å². The van der Waals surface area contributed by atoms with E-state index < -0.39 is 0 Å². The lowest BCUT2D eigenvalue weighted by Crippen LogP contribution is -1.88. The number of nitrogens with zero attached hydrogens (tertiary/aromatic N) is 1. The maximum absolute atomic E-state index is 4.05. The molecule has 1 heteroatoms. The van der Waals surface area contributed by atoms with E-state index in [9.17, 15) is 0 Å². The van der Waals surface area contributed by atoms with Crippen LogP contribution in [0.2, 0.25) is 0 Å². The third kappa shape index (κ3) is 1.63. The van der Waals surface area contributed by atoms with Gasteiger partial charge in [-0.15, -0.1) is 0 Å². The Balaban J connectivity index is 2.30. The molecule has 0 spiro atoms. The van der Waals surface area contributed by atoms with Gasteiger partial charge in [0.15, 0.2) is 0 Å². The Kier molecular flexibility index (Phi) is 2.49. The number of benzene rings is 1. The Labute approximate surface area is 85.2 Å². The summed E-state index contributed by atoms with van der Waals surface area (Å²) in [5.41, 5.74) is 5.54. The van der Waals surface area contributed by atoms with Crippen LogP contribution in [0, 0.1) is 0 Å². The normalized spacial score (nSPS) is 14.6. The second-order valence-electron chi connectivity index (χ2n) is 3.67. The number of fused-ring (bicyclic) bond motifs is 1. The minimum absolute atomic E-state index is 1.04. The van der Waals surface area contributed by atoms with E-state index in [1.807, 2.05) is 13.3 Å². The summed E-state index contributed by atoms with van der Waals surface area (Å²) in [6.45, 7) is 2.19. The fraction of sp³-hybridized carbons (Fsp3) is 0.308. The zero-order valence-corrected chi connectivity index (χ0v) is 8.75. The quantitative estimate of drug-likeness (QED) is 0.628. The van der Waals surface area contributed by atoms with E-state index >= 15 is 0 Å². The monoisotopic (exact) mass is 185 g/mol. The molecule has 1 aromatic carbocycles. The van der Waals surface area contributed by atoms with Gasteiger partial charge in [-0.3, -0.25) is 4.99 Å². The van der Waals surface area contributed by atoms with Gasteiger partial charge in [-0.05, 0) is 41.2 Å². The summed E-state index contributed by atoms with van der Waals surface area (Å²) < 4.78 is 0. The van der Waals surface area contributed by atoms with Crippen molar-refractivity contribution in [3.05, 3.63) is 40.5 Å². The van der Waals surface area contributed by atoms with Crippen LogP contribution in [0.25, 0.3) is 6.08 Å². The Morgan fingerprint density at radius 3 is 3.00 bits per heavy atom. The van der Waals surface area contributed by atoms with Gasteiger partial charge >= 0.3 is 0 Å². The van der Waals surface area contributed by atoms with E-state index in [0.29, 0.717) is 0 Å². The topological polar surface area (TPSA) is 12.4 Å². The number of aryl methyl sites for hydroxylation is 1. The second kappa shape index (κ2) is 3.79. The molecule has 1 nitrogen and oxygen atoms in total. The predicted molar refractivity (Wildman–Crippen MR) is 61.9 cm³/mol. The lowest BCUT2D eigenvalue weighted by atomic mass is 10.0. The fourth-order valence-corrected chi connectivity index (χ4v) is 1.89. The molecule has 0 aliphatic heterocycles. The second-order valence-corrected chi connectivity index (χ2v) is 3.67. The molecule has 14 heavy (non-hydrogen) atoms. The summed E-state index contributed by atoms with van der Waals surface area (Å²) in [5.74, 6) is 0. The van der Waals surface area contributed by atoms with Crippen LogP contribution >= 0.6 is 0 Å². The van der Waals surface area contributed by atoms with E-state index in [4.69, 9.17) is 0 Å². The van der Waals surface area contributed by atoms with Gasteiger partial charge in [-0.25, -0.2) is 0 Å². The van der Waals surface area contributed by atoms with Gasteiger partial charge in [0.2, 0.25) is 0 Å². The summed E-state index contributed by atoms with van der Waals surface area (Å²) in [6, 6.07) is 6.73. The molecule has 0 N–H and O–H groups in total. The summed E-state index contributed by atoms with van der Waals surface area (Å²) >= 11 is 0. The van der Waals surface area contributed by atoms with Crippen molar-refractivity contribution < 1.29 is 0 Å². The van der Waals surface area contributed by atoms with Gasteiger partial charge in [0.05, 0.1) is 0 Å². The van der Waals surface area contributed by atoms with Gasteiger partial charge in [0.1, 0.15) is 0 Å². The van der Waals surface area contributed by atoms with Crippen LogP contribution in [0.1, 0.15) is 23.6 Å². The minimum atomic E-state index is 1.04. The first-order chi connectivity index (χ1) is 6.83. The first kappa shape index (κ1) is 9.20. The highest BCUT2D eigenvalue weighted by Gasteiger charge is 2.10. The molecule has 0 saturated carbocycles. The van der Waals surface area contributed by atoms with Crippen LogP contribution in [-0.4, -0.2) is 13.3 Å². The molecule has 0 radical (unpaired) electrons. The molecule has 0 saturated heterocycles. The Morgan fingerprint density at radius 2 is 2.29 bits per heavy atom. The zero-order valence-electron chi connectivity index (χ0n) is 8.75. The van der Waals surface area contributed by atoms with Crippen LogP contribution in [0.4, 0.5) is 0 Å². The molecule has 0 heterocycles. The standard InChI is InChI=1S/C13H15N/c1-3-10-4-5-12-7-11(9-14-2)8-13(12)6-10/h4-7,9H,3,8H2,1-2H3. The molecule has 0 amide bonds. The number of aliphatic imine (C=N–C) groups is 1. The molecule has 1 aliphatic carbocycles. The highest BCUT2D eigenvalue weighted by atomic mass is 14.6. The van der Waals surface area contributed by atoms with Crippen molar-refractivity contribution in [1.29, 1.82) is 0 Å². The molecular formula is C13H15N. The van der Waals surface area contributed by atoms with E-state index in [-0.39, 0.29) is 0 Å². The van der Waals surface area contributed by atoms with Gasteiger partial charge in [0, 0.05) is 13.3 Å². The van der Waals surface area contributed by atoms with Gasteiger partial charge in [0.25, 0.3) is 0 Å². The molecule has 72 valence electrons.